The van der Waals surface area contributed by atoms with E-state index < -0.39 is 11.9 Å². The zero-order valence-corrected chi connectivity index (χ0v) is 16.0. The van der Waals surface area contributed by atoms with E-state index in [4.69, 9.17) is 27.5 Å². The number of carboxylic acids is 1. The second-order valence-electron chi connectivity index (χ2n) is 5.50. The number of para-hydroxylation sites is 1. The number of hydrogen-bond acceptors (Lipinski definition) is 5. The highest BCUT2D eigenvalue weighted by molar-refractivity contribution is 6.32. The molecule has 1 amide bonds. The smallest absolute Gasteiger partial charge is 0.337 e. The summed E-state index contributed by atoms with van der Waals surface area (Å²) in [5.41, 5.74) is 0.108. The van der Waals surface area contributed by atoms with Crippen LogP contribution in [0.5, 0.6) is 11.5 Å². The lowest BCUT2D eigenvalue weighted by Crippen LogP contribution is -2.16. The van der Waals surface area contributed by atoms with E-state index in [1.807, 2.05) is 0 Å². The van der Waals surface area contributed by atoms with Gasteiger partial charge in [-0.05, 0) is 35.9 Å². The predicted octanol–water partition coefficient (Wildman–Crippen LogP) is 3.60. The van der Waals surface area contributed by atoms with E-state index in [1.165, 1.54) is 43.5 Å². The number of hydrogen-bond donors (Lipinski definition) is 2. The van der Waals surface area contributed by atoms with Gasteiger partial charge in [-0.3, -0.25) is 4.79 Å². The minimum Gasteiger partial charge on any atom is -0.493 e. The van der Waals surface area contributed by atoms with Gasteiger partial charge in [-0.15, -0.1) is 6.42 Å². The number of rotatable bonds is 7. The normalized spacial score (nSPS) is 10.4. The average molecular weight is 411 g/mol. The van der Waals surface area contributed by atoms with Crippen molar-refractivity contribution in [3.8, 4) is 29.9 Å². The minimum atomic E-state index is -1.21. The summed E-state index contributed by atoms with van der Waals surface area (Å²) in [5.74, 6) is 0.845. The second-order valence-corrected chi connectivity index (χ2v) is 5.91. The Morgan fingerprint density at radius 1 is 1.34 bits per heavy atom. The highest BCUT2D eigenvalue weighted by Gasteiger charge is 2.16. The number of halogens is 1. The van der Waals surface area contributed by atoms with Crippen molar-refractivity contribution in [2.24, 2.45) is 0 Å². The number of carbonyl (C=O) groups excluding carboxylic acids is 1. The number of nitriles is 1. The number of benzene rings is 2. The summed E-state index contributed by atoms with van der Waals surface area (Å²) < 4.78 is 10.6. The van der Waals surface area contributed by atoms with Gasteiger partial charge in [-0.1, -0.05) is 29.7 Å². The van der Waals surface area contributed by atoms with E-state index in [0.717, 1.165) is 0 Å². The molecule has 7 nitrogen and oxygen atoms in total. The Kier molecular flexibility index (Phi) is 7.25. The number of amides is 1. The van der Waals surface area contributed by atoms with Gasteiger partial charge in [0.25, 0.3) is 5.91 Å². The van der Waals surface area contributed by atoms with Gasteiger partial charge in [-0.2, -0.15) is 5.26 Å². The minimum absolute atomic E-state index is 0.0138. The monoisotopic (exact) mass is 410 g/mol. The number of aromatic carboxylic acids is 1. The molecular weight excluding hydrogens is 396 g/mol. The summed E-state index contributed by atoms with van der Waals surface area (Å²) in [7, 11) is 1.41. The molecule has 0 spiro atoms. The average Bonchev–Trinajstić information content (AvgIpc) is 2.70. The zero-order valence-electron chi connectivity index (χ0n) is 15.2. The van der Waals surface area contributed by atoms with E-state index in [-0.39, 0.29) is 40.0 Å². The van der Waals surface area contributed by atoms with Gasteiger partial charge in [-0.25, -0.2) is 4.79 Å². The van der Waals surface area contributed by atoms with Crippen molar-refractivity contribution in [3.05, 3.63) is 58.1 Å². The number of ether oxygens (including phenoxy) is 2. The molecular formula is C21H15ClN2O5. The van der Waals surface area contributed by atoms with Crippen LogP contribution in [-0.2, 0) is 4.79 Å². The Hall–Kier alpha value is -3.94. The fraction of sp³-hybridized carbons (Fsp3) is 0.0952. The van der Waals surface area contributed by atoms with Gasteiger partial charge in [0.15, 0.2) is 11.5 Å². The highest BCUT2D eigenvalue weighted by atomic mass is 35.5. The van der Waals surface area contributed by atoms with Crippen molar-refractivity contribution in [2.45, 2.75) is 0 Å². The summed E-state index contributed by atoms with van der Waals surface area (Å²) >= 11 is 6.19. The number of carboxylic acid groups (broad SMARTS) is 1. The Labute approximate surface area is 172 Å². The van der Waals surface area contributed by atoms with Crippen LogP contribution in [0.15, 0.2) is 42.0 Å². The topological polar surface area (TPSA) is 109 Å². The number of terminal acetylenes is 1. The molecule has 0 radical (unpaired) electrons. The fourth-order valence-electron chi connectivity index (χ4n) is 2.36. The van der Waals surface area contributed by atoms with Gasteiger partial charge >= 0.3 is 5.97 Å². The second kappa shape index (κ2) is 9.84. The quantitative estimate of drug-likeness (QED) is 0.410. The molecule has 0 atom stereocenters. The van der Waals surface area contributed by atoms with Gasteiger partial charge in [0.2, 0.25) is 0 Å². The van der Waals surface area contributed by atoms with Crippen molar-refractivity contribution in [2.75, 3.05) is 19.0 Å². The first-order valence-corrected chi connectivity index (χ1v) is 8.48. The summed E-state index contributed by atoms with van der Waals surface area (Å²) in [6.07, 6.45) is 6.46. The van der Waals surface area contributed by atoms with E-state index in [0.29, 0.717) is 5.56 Å². The number of methoxy groups -OCH3 is 1. The predicted molar refractivity (Wildman–Crippen MR) is 108 cm³/mol. The van der Waals surface area contributed by atoms with Crippen molar-refractivity contribution in [3.63, 3.8) is 0 Å². The van der Waals surface area contributed by atoms with E-state index in [2.05, 4.69) is 11.2 Å². The van der Waals surface area contributed by atoms with Crippen LogP contribution in [-0.4, -0.2) is 30.7 Å². The third-order valence-electron chi connectivity index (χ3n) is 3.63. The first-order valence-electron chi connectivity index (χ1n) is 8.10. The van der Waals surface area contributed by atoms with Gasteiger partial charge in [0.1, 0.15) is 18.2 Å². The van der Waals surface area contributed by atoms with Crippen LogP contribution in [0.1, 0.15) is 15.9 Å². The first kappa shape index (κ1) is 21.4. The fourth-order valence-corrected chi connectivity index (χ4v) is 2.63. The maximum absolute atomic E-state index is 12.5. The number of nitrogens with one attached hydrogen (secondary N) is 1. The van der Waals surface area contributed by atoms with Crippen LogP contribution in [0, 0.1) is 23.7 Å². The van der Waals surface area contributed by atoms with E-state index in [9.17, 15) is 20.0 Å². The molecule has 2 rings (SSSR count). The summed E-state index contributed by atoms with van der Waals surface area (Å²) in [6.45, 7) is -0.0138. The van der Waals surface area contributed by atoms with Crippen LogP contribution >= 0.6 is 11.6 Å². The summed E-state index contributed by atoms with van der Waals surface area (Å²) in [6, 6.07) is 10.6. The van der Waals surface area contributed by atoms with Gasteiger partial charge in [0, 0.05) is 0 Å². The van der Waals surface area contributed by atoms with Gasteiger partial charge < -0.3 is 19.9 Å². The zero-order chi connectivity index (χ0) is 21.4. The van der Waals surface area contributed by atoms with Crippen molar-refractivity contribution >= 4 is 35.2 Å². The molecule has 2 N–H and O–H groups in total. The number of carbonyl (C=O) groups is 2. The van der Waals surface area contributed by atoms with Crippen LogP contribution in [0.25, 0.3) is 6.08 Å². The molecule has 0 aliphatic carbocycles. The maximum Gasteiger partial charge on any atom is 0.337 e. The van der Waals surface area contributed by atoms with Crippen molar-refractivity contribution < 1.29 is 24.2 Å². The molecule has 2 aromatic rings. The third kappa shape index (κ3) is 5.29. The van der Waals surface area contributed by atoms with Crippen molar-refractivity contribution in [1.82, 2.24) is 0 Å². The standard InChI is InChI=1S/C21H15ClN2O5/c1-3-8-29-19-16(22)10-13(11-18(19)28-2)9-14(12-23)20(25)24-17-7-5-4-6-15(17)21(26)27/h1,4-7,9-11H,8H2,2H3,(H,24,25)(H,26,27)/b14-9+. The molecule has 8 heteroatoms. The van der Waals surface area contributed by atoms with Crippen LogP contribution in [0.2, 0.25) is 5.02 Å². The molecule has 146 valence electrons. The first-order chi connectivity index (χ1) is 13.9. The van der Waals surface area contributed by atoms with E-state index >= 15 is 0 Å². The van der Waals surface area contributed by atoms with Crippen LogP contribution in [0.3, 0.4) is 0 Å². The van der Waals surface area contributed by atoms with E-state index in [1.54, 1.807) is 12.1 Å². The molecule has 0 saturated carbocycles. The number of anilines is 1. The lowest BCUT2D eigenvalue weighted by atomic mass is 10.1. The van der Waals surface area contributed by atoms with Crippen LogP contribution < -0.4 is 14.8 Å². The maximum atomic E-state index is 12.5. The third-order valence-corrected chi connectivity index (χ3v) is 3.91. The molecule has 0 aliphatic rings. The Morgan fingerprint density at radius 3 is 2.69 bits per heavy atom. The number of nitrogens with zero attached hydrogens (tertiary/aromatic N) is 1. The summed E-state index contributed by atoms with van der Waals surface area (Å²) in [4.78, 5) is 23.7. The largest absolute Gasteiger partial charge is 0.493 e. The van der Waals surface area contributed by atoms with Crippen LogP contribution in [0.4, 0.5) is 5.69 Å². The molecule has 0 heterocycles. The molecule has 0 aromatic heterocycles. The molecule has 0 bridgehead atoms. The van der Waals surface area contributed by atoms with Crippen molar-refractivity contribution in [1.29, 1.82) is 5.26 Å². The molecule has 0 fully saturated rings. The molecule has 0 saturated heterocycles. The Morgan fingerprint density at radius 2 is 2.07 bits per heavy atom. The molecule has 0 aliphatic heterocycles. The SMILES string of the molecule is C#CCOc1c(Cl)cc(/C=C(\C#N)C(=O)Nc2ccccc2C(=O)O)cc1OC. The van der Waals surface area contributed by atoms with Gasteiger partial charge in [0.05, 0.1) is 23.4 Å². The molecule has 29 heavy (non-hydrogen) atoms. The lowest BCUT2D eigenvalue weighted by Gasteiger charge is -2.12. The summed E-state index contributed by atoms with van der Waals surface area (Å²) in [5, 5.41) is 21.2. The highest BCUT2D eigenvalue weighted by Crippen LogP contribution is 2.37. The lowest BCUT2D eigenvalue weighted by molar-refractivity contribution is -0.112. The Bertz CT molecular complexity index is 1060. The molecule has 2 aromatic carbocycles. The Balaban J connectivity index is 2.36. The molecule has 0 unspecified atom stereocenters.